The van der Waals surface area contributed by atoms with Crippen molar-refractivity contribution in [3.63, 3.8) is 0 Å². The maximum atomic E-state index is 14.3. The minimum Gasteiger partial charge on any atom is -0.354 e. The van der Waals surface area contributed by atoms with E-state index in [1.165, 1.54) is 33.5 Å². The molecule has 0 aromatic heterocycles. The number of unbranched alkanes of at least 4 members (excludes halogenated alkanes) is 7. The topological polar surface area (TPSA) is 165 Å². The van der Waals surface area contributed by atoms with Crippen LogP contribution in [-0.2, 0) is 29.2 Å². The number of benzene rings is 3. The fraction of sp³-hybridized carbons (Fsp3) is 0.549. The first-order chi connectivity index (χ1) is 31.5. The van der Waals surface area contributed by atoms with Gasteiger partial charge in [0.1, 0.15) is 6.04 Å². The molecule has 2 aliphatic heterocycles. The van der Waals surface area contributed by atoms with Gasteiger partial charge in [0.2, 0.25) is 33.7 Å². The van der Waals surface area contributed by atoms with Crippen LogP contribution in [0.25, 0.3) is 0 Å². The van der Waals surface area contributed by atoms with E-state index in [0.29, 0.717) is 19.4 Å². The molecule has 0 bridgehead atoms. The third-order valence-corrected chi connectivity index (χ3v) is 15.6. The molecule has 65 heavy (non-hydrogen) atoms. The Bertz CT molecular complexity index is 2130. The first-order valence-corrected chi connectivity index (χ1v) is 25.6. The van der Waals surface area contributed by atoms with Gasteiger partial charge in [0.05, 0.1) is 16.7 Å². The van der Waals surface area contributed by atoms with Crippen LogP contribution in [0, 0.1) is 11.8 Å². The summed E-state index contributed by atoms with van der Waals surface area (Å²) in [5, 5.41) is 9.32. The number of carbonyl (C=O) groups is 5. The lowest BCUT2D eigenvalue weighted by Gasteiger charge is -2.31. The molecule has 3 N–H and O–H groups in total. The molecule has 13 nitrogen and oxygen atoms in total. The minimum atomic E-state index is -4.14. The molecular formula is C51H68N6O7S. The Kier molecular flexibility index (Phi) is 16.5. The van der Waals surface area contributed by atoms with Crippen LogP contribution in [-0.4, -0.2) is 109 Å². The summed E-state index contributed by atoms with van der Waals surface area (Å²) in [5.74, 6) is -2.53. The van der Waals surface area contributed by atoms with E-state index in [-0.39, 0.29) is 90.7 Å². The number of carbonyl (C=O) groups excluding carboxylic acids is 5. The number of nitrogens with zero attached hydrogens (tertiary/aromatic N) is 3. The van der Waals surface area contributed by atoms with Crippen LogP contribution in [0.2, 0.25) is 0 Å². The first kappa shape index (κ1) is 47.9. The van der Waals surface area contributed by atoms with Gasteiger partial charge in [0, 0.05) is 75.2 Å². The number of amides is 5. The highest BCUT2D eigenvalue weighted by atomic mass is 32.2. The molecule has 7 atom stereocenters. The molecule has 3 aromatic rings. The summed E-state index contributed by atoms with van der Waals surface area (Å²) in [4.78, 5) is 72.5. The summed E-state index contributed by atoms with van der Waals surface area (Å²) in [5.41, 5.74) is 2.53. The molecule has 4 fully saturated rings. The van der Waals surface area contributed by atoms with Crippen LogP contribution < -0.4 is 16.0 Å². The van der Waals surface area contributed by atoms with Crippen molar-refractivity contribution in [2.24, 2.45) is 11.8 Å². The number of nitrogens with one attached hydrogen (secondary N) is 3. The van der Waals surface area contributed by atoms with E-state index < -0.39 is 33.8 Å². The lowest BCUT2D eigenvalue weighted by atomic mass is 9.94. The Morgan fingerprint density at radius 3 is 1.71 bits per heavy atom. The van der Waals surface area contributed by atoms with Crippen molar-refractivity contribution in [2.75, 3.05) is 39.3 Å². The molecule has 4 aliphatic rings. The Balaban J connectivity index is 1.02. The van der Waals surface area contributed by atoms with Gasteiger partial charge in [0.15, 0.2) is 0 Å². The third kappa shape index (κ3) is 12.2. The van der Waals surface area contributed by atoms with Crippen LogP contribution in [0.1, 0.15) is 131 Å². The molecule has 14 heteroatoms. The van der Waals surface area contributed by atoms with Crippen molar-refractivity contribution in [3.8, 4) is 0 Å². The highest BCUT2D eigenvalue weighted by Crippen LogP contribution is 2.43. The van der Waals surface area contributed by atoms with E-state index in [0.717, 1.165) is 81.8 Å². The minimum absolute atomic E-state index is 0.0331. The summed E-state index contributed by atoms with van der Waals surface area (Å²) >= 11 is 0. The SMILES string of the molecule is CCCCCCCC(=O)N1CCCN(S(=O)(=O)c2ccc(C(=O)N3C[C@@H](C(=O)N[C@H]4C[C@@H]4c4ccccc4)[C@H](C(=O)N[C@H]4C[C@@H]4c4ccccc4)C3)cc2)C[C@H]1C(=O)NCCCCCC. The van der Waals surface area contributed by atoms with Gasteiger partial charge in [-0.3, -0.25) is 24.0 Å². The van der Waals surface area contributed by atoms with Gasteiger partial charge >= 0.3 is 0 Å². The zero-order valence-corrected chi connectivity index (χ0v) is 39.0. The van der Waals surface area contributed by atoms with Crippen LogP contribution in [0.5, 0.6) is 0 Å². The summed E-state index contributed by atoms with van der Waals surface area (Å²) in [7, 11) is -4.14. The van der Waals surface area contributed by atoms with Crippen molar-refractivity contribution in [1.29, 1.82) is 0 Å². The van der Waals surface area contributed by atoms with Crippen LogP contribution in [0.15, 0.2) is 89.8 Å². The monoisotopic (exact) mass is 908 g/mol. The van der Waals surface area contributed by atoms with Crippen LogP contribution in [0.4, 0.5) is 0 Å². The fourth-order valence-electron chi connectivity index (χ4n) is 9.63. The van der Waals surface area contributed by atoms with E-state index >= 15 is 0 Å². The molecule has 0 spiro atoms. The normalized spacial score (nSPS) is 24.2. The third-order valence-electron chi connectivity index (χ3n) is 13.7. The quantitative estimate of drug-likeness (QED) is 0.105. The van der Waals surface area contributed by atoms with Crippen LogP contribution >= 0.6 is 0 Å². The van der Waals surface area contributed by atoms with Gasteiger partial charge in [0.25, 0.3) is 5.91 Å². The van der Waals surface area contributed by atoms with Gasteiger partial charge in [-0.2, -0.15) is 4.31 Å². The maximum Gasteiger partial charge on any atom is 0.253 e. The maximum absolute atomic E-state index is 14.3. The molecule has 2 saturated heterocycles. The molecule has 7 rings (SSSR count). The summed E-state index contributed by atoms with van der Waals surface area (Å²) in [6.07, 6.45) is 11.1. The average Bonchev–Trinajstić information content (AvgIpc) is 4.24. The molecule has 2 heterocycles. The van der Waals surface area contributed by atoms with E-state index in [4.69, 9.17) is 0 Å². The zero-order chi connectivity index (χ0) is 45.9. The Morgan fingerprint density at radius 2 is 1.15 bits per heavy atom. The van der Waals surface area contributed by atoms with Crippen molar-refractivity contribution in [3.05, 3.63) is 102 Å². The highest BCUT2D eigenvalue weighted by molar-refractivity contribution is 7.89. The van der Waals surface area contributed by atoms with E-state index in [1.807, 2.05) is 60.7 Å². The molecule has 2 aliphatic carbocycles. The number of sulfonamides is 1. The van der Waals surface area contributed by atoms with Gasteiger partial charge in [-0.1, -0.05) is 119 Å². The molecular weight excluding hydrogens is 841 g/mol. The largest absolute Gasteiger partial charge is 0.354 e. The second-order valence-corrected chi connectivity index (χ2v) is 20.5. The second-order valence-electron chi connectivity index (χ2n) is 18.5. The van der Waals surface area contributed by atoms with Crippen LogP contribution in [0.3, 0.4) is 0 Å². The molecule has 0 unspecified atom stereocenters. The fourth-order valence-corrected chi connectivity index (χ4v) is 11.1. The highest BCUT2D eigenvalue weighted by Gasteiger charge is 2.49. The van der Waals surface area contributed by atoms with E-state index in [2.05, 4.69) is 29.8 Å². The zero-order valence-electron chi connectivity index (χ0n) is 38.2. The lowest BCUT2D eigenvalue weighted by molar-refractivity contribution is -0.140. The Hall–Kier alpha value is -5.08. The van der Waals surface area contributed by atoms with Gasteiger partial charge < -0.3 is 25.8 Å². The van der Waals surface area contributed by atoms with Crippen molar-refractivity contribution in [2.45, 2.75) is 132 Å². The van der Waals surface area contributed by atoms with E-state index in [1.54, 1.807) is 4.90 Å². The number of hydrogen-bond donors (Lipinski definition) is 3. The molecule has 3 aromatic carbocycles. The number of likely N-dealkylation sites (tertiary alicyclic amines) is 1. The van der Waals surface area contributed by atoms with Crippen molar-refractivity contribution < 1.29 is 32.4 Å². The Morgan fingerprint density at radius 1 is 0.615 bits per heavy atom. The summed E-state index contributed by atoms with van der Waals surface area (Å²) in [6.45, 7) is 5.02. The first-order valence-electron chi connectivity index (χ1n) is 24.2. The predicted molar refractivity (Wildman–Crippen MR) is 250 cm³/mol. The average molecular weight is 909 g/mol. The predicted octanol–water partition coefficient (Wildman–Crippen LogP) is 6.37. The number of hydrogen-bond acceptors (Lipinski definition) is 7. The smallest absolute Gasteiger partial charge is 0.253 e. The lowest BCUT2D eigenvalue weighted by Crippen LogP contribution is -2.53. The molecule has 2 saturated carbocycles. The van der Waals surface area contributed by atoms with Gasteiger partial charge in [-0.05, 0) is 67.5 Å². The summed E-state index contributed by atoms with van der Waals surface area (Å²) < 4.78 is 29.9. The standard InChI is InChI=1S/C51H68N6O7S/c1-3-5-7-9-16-23-47(58)57-30-18-29-56(35-46(57)50(61)52-28-17-8-6-4-2)65(63,64)39-26-24-38(25-27-39)51(62)55-33-42(48(59)53-44-31-40(44)36-19-12-10-13-20-36)43(34-55)49(60)54-45-32-41(45)37-21-14-11-15-22-37/h10-15,19-22,24-27,40-46H,3-9,16-18,23,28-35H2,1-2H3,(H,52,61)(H,53,59)(H,54,60)/t40-,41-,42-,43-,44+,45+,46+/m1/s1. The van der Waals surface area contributed by atoms with Gasteiger partial charge in [-0.25, -0.2) is 8.42 Å². The molecule has 5 amide bonds. The Labute approximate surface area is 385 Å². The second kappa shape index (κ2) is 22.4. The molecule has 350 valence electrons. The van der Waals surface area contributed by atoms with E-state index in [9.17, 15) is 32.4 Å². The van der Waals surface area contributed by atoms with Crippen molar-refractivity contribution in [1.82, 2.24) is 30.1 Å². The number of rotatable bonds is 21. The molecule has 0 radical (unpaired) electrons. The summed E-state index contributed by atoms with van der Waals surface area (Å²) in [6, 6.07) is 24.7. The van der Waals surface area contributed by atoms with Gasteiger partial charge in [-0.15, -0.1) is 0 Å². The van der Waals surface area contributed by atoms with Crippen molar-refractivity contribution >= 4 is 39.6 Å².